The van der Waals surface area contributed by atoms with Crippen molar-refractivity contribution in [2.45, 2.75) is 33.9 Å². The summed E-state index contributed by atoms with van der Waals surface area (Å²) in [6.45, 7) is 7.03. The van der Waals surface area contributed by atoms with Crippen molar-refractivity contribution in [3.63, 3.8) is 0 Å². The Hall–Kier alpha value is -1.69. The Bertz CT molecular complexity index is 664. The molecule has 0 amide bonds. The minimum absolute atomic E-state index is 0.542. The van der Waals surface area contributed by atoms with E-state index in [1.807, 2.05) is 91.0 Å². The third-order valence-electron chi connectivity index (χ3n) is 4.11. The third kappa shape index (κ3) is 9.57. The summed E-state index contributed by atoms with van der Waals surface area (Å²) in [5.74, 6) is 2.13. The molecule has 0 aliphatic rings. The average Bonchev–Trinajstić information content (AvgIpc) is 2.77. The largest absolute Gasteiger partial charge is 0.530 e. The van der Waals surface area contributed by atoms with Crippen LogP contribution in [0.3, 0.4) is 0 Å². The molecule has 0 saturated heterocycles. The van der Waals surface area contributed by atoms with E-state index in [9.17, 15) is 0 Å². The molecule has 0 aromatic heterocycles. The smallest absolute Gasteiger partial charge is 0.409 e. The molecular formula is C24H30O3PSb. The Morgan fingerprint density at radius 1 is 0.517 bits per heavy atom. The second-order valence-electron chi connectivity index (χ2n) is 6.06. The van der Waals surface area contributed by atoms with Crippen LogP contribution in [0.25, 0.3) is 0 Å². The van der Waals surface area contributed by atoms with E-state index in [1.54, 1.807) is 0 Å². The third-order valence-corrected chi connectivity index (χ3v) is 12.8. The van der Waals surface area contributed by atoms with Gasteiger partial charge < -0.3 is 13.6 Å². The minimum atomic E-state index is -1.59. The SMILES string of the molecule is C[CH2][Sb]([CH2]C)[CH2]C.c1ccc(OP(Oc2ccccc2)Oc2ccccc2)cc1. The van der Waals surface area contributed by atoms with Crippen molar-refractivity contribution in [2.75, 3.05) is 0 Å². The molecule has 0 aliphatic carbocycles. The van der Waals surface area contributed by atoms with E-state index in [-0.39, 0.29) is 0 Å². The van der Waals surface area contributed by atoms with E-state index in [1.165, 1.54) is 13.1 Å². The number of hydrogen-bond acceptors (Lipinski definition) is 3. The van der Waals surface area contributed by atoms with Gasteiger partial charge in [0.1, 0.15) is 17.2 Å². The molecule has 3 aromatic rings. The Morgan fingerprint density at radius 2 is 0.793 bits per heavy atom. The maximum absolute atomic E-state index is 5.84. The summed E-state index contributed by atoms with van der Waals surface area (Å²) in [5.41, 5.74) is 0. The molecule has 0 N–H and O–H groups in total. The van der Waals surface area contributed by atoms with Gasteiger partial charge in [-0.25, -0.2) is 0 Å². The molecular weight excluding hydrogens is 489 g/mol. The standard InChI is InChI=1S/C18H15O3P.3C2H5.Sb/c1-4-10-16(11-5-1)19-22(20-17-12-6-2-7-13-17)21-18-14-8-3-9-15-18;3*1-2;/h1-15H;3*1H2,2H3;. The first-order valence-electron chi connectivity index (χ1n) is 9.96. The van der Waals surface area contributed by atoms with Crippen LogP contribution in [0.1, 0.15) is 20.8 Å². The minimum Gasteiger partial charge on any atom is -0.409 e. The molecule has 0 saturated carbocycles. The van der Waals surface area contributed by atoms with E-state index >= 15 is 0 Å². The number of hydrogen-bond donors (Lipinski definition) is 0. The van der Waals surface area contributed by atoms with Gasteiger partial charge in [0.2, 0.25) is 0 Å². The zero-order valence-corrected chi connectivity index (χ0v) is 20.8. The molecule has 3 rings (SSSR count). The second-order valence-corrected chi connectivity index (χ2v) is 16.3. The van der Waals surface area contributed by atoms with Gasteiger partial charge in [0, 0.05) is 0 Å². The van der Waals surface area contributed by atoms with Gasteiger partial charge in [-0.05, 0) is 36.4 Å². The zero-order chi connectivity index (χ0) is 20.7. The van der Waals surface area contributed by atoms with Crippen molar-refractivity contribution >= 4 is 28.8 Å². The first-order valence-corrected chi connectivity index (χ1v) is 16.5. The van der Waals surface area contributed by atoms with Gasteiger partial charge in [-0.1, -0.05) is 54.6 Å². The van der Waals surface area contributed by atoms with Crippen LogP contribution in [0.4, 0.5) is 0 Å². The molecule has 0 unspecified atom stereocenters. The van der Waals surface area contributed by atoms with E-state index in [2.05, 4.69) is 20.8 Å². The van der Waals surface area contributed by atoms with Crippen LogP contribution in [0.15, 0.2) is 91.0 Å². The van der Waals surface area contributed by atoms with Crippen molar-refractivity contribution in [3.05, 3.63) is 91.0 Å². The normalized spacial score (nSPS) is 10.2. The molecule has 0 atom stereocenters. The van der Waals surface area contributed by atoms with Gasteiger partial charge in [-0.3, -0.25) is 0 Å². The van der Waals surface area contributed by atoms with Crippen LogP contribution >= 0.6 is 8.60 Å². The second kappa shape index (κ2) is 14.3. The quantitative estimate of drug-likeness (QED) is 0.212. The summed E-state index contributed by atoms with van der Waals surface area (Å²) in [6.07, 6.45) is 0. The van der Waals surface area contributed by atoms with Crippen LogP contribution in [0.5, 0.6) is 17.2 Å². The molecule has 5 heteroatoms. The summed E-state index contributed by atoms with van der Waals surface area (Å²) in [7, 11) is -1.59. The molecule has 0 bridgehead atoms. The maximum atomic E-state index is 5.84. The monoisotopic (exact) mass is 518 g/mol. The van der Waals surface area contributed by atoms with Crippen LogP contribution in [0.2, 0.25) is 13.1 Å². The molecule has 3 aromatic carbocycles. The van der Waals surface area contributed by atoms with Crippen LogP contribution in [-0.4, -0.2) is 20.2 Å². The average molecular weight is 519 g/mol. The van der Waals surface area contributed by atoms with Crippen LogP contribution < -0.4 is 13.6 Å². The predicted octanol–water partition coefficient (Wildman–Crippen LogP) is 7.99. The summed E-state index contributed by atoms with van der Waals surface area (Å²) in [5, 5.41) is 0. The van der Waals surface area contributed by atoms with Gasteiger partial charge >= 0.3 is 62.7 Å². The van der Waals surface area contributed by atoms with E-state index in [0.717, 1.165) is 0 Å². The van der Waals surface area contributed by atoms with E-state index in [4.69, 9.17) is 13.6 Å². The van der Waals surface area contributed by atoms with Gasteiger partial charge in [0.15, 0.2) is 0 Å². The number of rotatable bonds is 9. The fraction of sp³-hybridized carbons (Fsp3) is 0.250. The molecule has 0 heterocycles. The van der Waals surface area contributed by atoms with Gasteiger partial charge in [0.05, 0.1) is 0 Å². The van der Waals surface area contributed by atoms with Gasteiger partial charge in [0.25, 0.3) is 0 Å². The zero-order valence-electron chi connectivity index (χ0n) is 17.4. The maximum Gasteiger partial charge on any atom is 0.530 e. The van der Waals surface area contributed by atoms with Crippen molar-refractivity contribution in [2.24, 2.45) is 0 Å². The van der Waals surface area contributed by atoms with Crippen molar-refractivity contribution in [3.8, 4) is 17.2 Å². The van der Waals surface area contributed by atoms with Gasteiger partial charge in [-0.15, -0.1) is 0 Å². The summed E-state index contributed by atoms with van der Waals surface area (Å²) >= 11 is -0.542. The Balaban J connectivity index is 0.000000370. The molecule has 0 aliphatic heterocycles. The van der Waals surface area contributed by atoms with Crippen LogP contribution in [0, 0.1) is 0 Å². The Morgan fingerprint density at radius 3 is 1.00 bits per heavy atom. The van der Waals surface area contributed by atoms with Crippen molar-refractivity contribution < 1.29 is 13.6 Å². The molecule has 0 fully saturated rings. The van der Waals surface area contributed by atoms with Crippen molar-refractivity contribution in [1.29, 1.82) is 0 Å². The summed E-state index contributed by atoms with van der Waals surface area (Å²) in [6, 6.07) is 28.5. The predicted molar refractivity (Wildman–Crippen MR) is 125 cm³/mol. The number of para-hydroxylation sites is 3. The summed E-state index contributed by atoms with van der Waals surface area (Å²) in [4.78, 5) is 0. The topological polar surface area (TPSA) is 27.7 Å². The molecule has 0 radical (unpaired) electrons. The molecule has 3 nitrogen and oxygen atoms in total. The molecule has 29 heavy (non-hydrogen) atoms. The molecule has 154 valence electrons. The Labute approximate surface area is 184 Å². The fourth-order valence-corrected chi connectivity index (χ4v) is 7.25. The summed E-state index contributed by atoms with van der Waals surface area (Å²) < 4.78 is 22.1. The van der Waals surface area contributed by atoms with E-state index < -0.39 is 28.8 Å². The first-order chi connectivity index (χ1) is 14.2. The van der Waals surface area contributed by atoms with E-state index in [0.29, 0.717) is 17.2 Å². The number of benzene rings is 3. The van der Waals surface area contributed by atoms with Gasteiger partial charge in [-0.2, -0.15) is 0 Å². The van der Waals surface area contributed by atoms with Crippen molar-refractivity contribution in [1.82, 2.24) is 0 Å². The fourth-order valence-electron chi connectivity index (χ4n) is 2.43. The first kappa shape index (κ1) is 23.6. The Kier molecular flexibility index (Phi) is 11.6. The van der Waals surface area contributed by atoms with Crippen LogP contribution in [-0.2, 0) is 0 Å². The molecule has 0 spiro atoms.